The fourth-order valence-electron chi connectivity index (χ4n) is 1.22. The molecule has 2 aromatic carbocycles. The Hall–Kier alpha value is -1.84. The van der Waals surface area contributed by atoms with Crippen LogP contribution in [0, 0.1) is 37.1 Å². The van der Waals surface area contributed by atoms with Crippen LogP contribution < -0.4 is 0 Å². The Morgan fingerprint density at radius 2 is 1.18 bits per heavy atom. The first-order valence-electron chi connectivity index (χ1n) is 7.24. The summed E-state index contributed by atoms with van der Waals surface area (Å²) in [6.07, 6.45) is 0. The summed E-state index contributed by atoms with van der Waals surface area (Å²) in [5, 5.41) is 0. The Kier molecular flexibility index (Phi) is 13.1. The van der Waals surface area contributed by atoms with Gasteiger partial charge in [0.15, 0.2) is 11.6 Å². The molecule has 22 heavy (non-hydrogen) atoms. The van der Waals surface area contributed by atoms with Gasteiger partial charge in [0.1, 0.15) is 11.6 Å². The molecule has 0 nitrogen and oxygen atoms in total. The molecule has 0 spiro atoms. The van der Waals surface area contributed by atoms with Gasteiger partial charge in [0.25, 0.3) is 0 Å². The molecule has 0 aliphatic carbocycles. The zero-order chi connectivity index (χ0) is 17.7. The van der Waals surface area contributed by atoms with Gasteiger partial charge in [-0.05, 0) is 49.2 Å². The van der Waals surface area contributed by atoms with Crippen molar-refractivity contribution in [2.75, 3.05) is 0 Å². The lowest BCUT2D eigenvalue weighted by molar-refractivity contribution is 0.503. The van der Waals surface area contributed by atoms with Crippen LogP contribution in [0.5, 0.6) is 0 Å². The van der Waals surface area contributed by atoms with Crippen LogP contribution in [0.4, 0.5) is 17.6 Å². The summed E-state index contributed by atoms with van der Waals surface area (Å²) < 4.78 is 49.1. The Balaban J connectivity index is 0. The zero-order valence-corrected chi connectivity index (χ0v) is 14.0. The van der Waals surface area contributed by atoms with Gasteiger partial charge in [-0.1, -0.05) is 39.8 Å². The van der Waals surface area contributed by atoms with E-state index in [1.807, 2.05) is 27.7 Å². The van der Waals surface area contributed by atoms with Crippen molar-refractivity contribution in [1.29, 1.82) is 0 Å². The number of benzene rings is 2. The molecular formula is C18H24F4. The van der Waals surface area contributed by atoms with Crippen LogP contribution in [-0.4, -0.2) is 0 Å². The molecule has 0 bridgehead atoms. The molecule has 0 atom stereocenters. The summed E-state index contributed by atoms with van der Waals surface area (Å²) in [5.41, 5.74) is 0.685. The topological polar surface area (TPSA) is 0 Å². The summed E-state index contributed by atoms with van der Waals surface area (Å²) in [6, 6.07) is 7.48. The Morgan fingerprint density at radius 1 is 0.636 bits per heavy atom. The van der Waals surface area contributed by atoms with Crippen molar-refractivity contribution in [1.82, 2.24) is 0 Å². The molecule has 0 aliphatic rings. The Bertz CT molecular complexity index is 516. The lowest BCUT2D eigenvalue weighted by Crippen LogP contribution is -1.85. The molecule has 2 rings (SSSR count). The molecule has 0 saturated carbocycles. The second kappa shape index (κ2) is 12.9. The highest BCUT2D eigenvalue weighted by molar-refractivity contribution is 5.17. The molecule has 0 fully saturated rings. The first-order valence-corrected chi connectivity index (χ1v) is 7.24. The van der Waals surface area contributed by atoms with E-state index in [2.05, 4.69) is 0 Å². The standard InChI is InChI=1S/2C7H6F2.2C2H6/c1-5-4-6(8)2-3-7(5)9;1-5-3-2-4-6(8)7(5)9;2*1-2/h2*2-4H,1H3;2*1-2H3. The molecular weight excluding hydrogens is 292 g/mol. The lowest BCUT2D eigenvalue weighted by Gasteiger charge is -1.93. The minimum Gasteiger partial charge on any atom is -0.207 e. The van der Waals surface area contributed by atoms with E-state index >= 15 is 0 Å². The zero-order valence-electron chi connectivity index (χ0n) is 14.0. The van der Waals surface area contributed by atoms with E-state index in [-0.39, 0.29) is 5.82 Å². The van der Waals surface area contributed by atoms with Gasteiger partial charge in [0, 0.05) is 0 Å². The van der Waals surface area contributed by atoms with Crippen molar-refractivity contribution < 1.29 is 17.6 Å². The molecule has 0 aliphatic heterocycles. The van der Waals surface area contributed by atoms with Gasteiger partial charge in [0.2, 0.25) is 0 Å². The molecule has 0 unspecified atom stereocenters. The van der Waals surface area contributed by atoms with Crippen LogP contribution in [0.2, 0.25) is 0 Å². The van der Waals surface area contributed by atoms with Crippen molar-refractivity contribution in [2.24, 2.45) is 0 Å². The van der Waals surface area contributed by atoms with Gasteiger partial charge in [-0.15, -0.1) is 0 Å². The fraction of sp³-hybridized carbons (Fsp3) is 0.333. The third kappa shape index (κ3) is 8.45. The fourth-order valence-corrected chi connectivity index (χ4v) is 1.22. The molecule has 0 heterocycles. The van der Waals surface area contributed by atoms with Crippen LogP contribution in [0.1, 0.15) is 38.8 Å². The highest BCUT2D eigenvalue weighted by Gasteiger charge is 2.00. The van der Waals surface area contributed by atoms with E-state index < -0.39 is 17.5 Å². The molecule has 0 aromatic heterocycles. The van der Waals surface area contributed by atoms with Gasteiger partial charge in [0.05, 0.1) is 0 Å². The molecule has 0 radical (unpaired) electrons. The van der Waals surface area contributed by atoms with Crippen molar-refractivity contribution in [3.63, 3.8) is 0 Å². The van der Waals surface area contributed by atoms with Crippen molar-refractivity contribution >= 4 is 0 Å². The van der Waals surface area contributed by atoms with Gasteiger partial charge in [-0.25, -0.2) is 17.6 Å². The largest absolute Gasteiger partial charge is 0.207 e. The van der Waals surface area contributed by atoms with Gasteiger partial charge < -0.3 is 0 Å². The highest BCUT2D eigenvalue weighted by Crippen LogP contribution is 2.08. The Morgan fingerprint density at radius 3 is 1.55 bits per heavy atom. The van der Waals surface area contributed by atoms with Crippen molar-refractivity contribution in [3.05, 3.63) is 70.8 Å². The van der Waals surface area contributed by atoms with Gasteiger partial charge in [-0.2, -0.15) is 0 Å². The second-order valence-electron chi connectivity index (χ2n) is 3.76. The number of hydrogen-bond acceptors (Lipinski definition) is 0. The average molecular weight is 316 g/mol. The van der Waals surface area contributed by atoms with Crippen LogP contribution in [0.15, 0.2) is 36.4 Å². The van der Waals surface area contributed by atoms with Gasteiger partial charge in [-0.3, -0.25) is 0 Å². The van der Waals surface area contributed by atoms with E-state index in [0.717, 1.165) is 24.3 Å². The highest BCUT2D eigenvalue weighted by atomic mass is 19.2. The summed E-state index contributed by atoms with van der Waals surface area (Å²) in [4.78, 5) is 0. The SMILES string of the molecule is CC.CC.Cc1cc(F)ccc1F.Cc1cccc(F)c1F. The molecule has 0 N–H and O–H groups in total. The first kappa shape index (κ1) is 22.4. The predicted octanol–water partition coefficient (Wildman–Crippen LogP) is 6.60. The maximum atomic E-state index is 12.4. The molecule has 0 amide bonds. The number of halogens is 4. The minimum atomic E-state index is -0.782. The second-order valence-corrected chi connectivity index (χ2v) is 3.76. The first-order chi connectivity index (χ1) is 10.4. The normalized spacial score (nSPS) is 8.45. The van der Waals surface area contributed by atoms with E-state index in [1.165, 1.54) is 26.0 Å². The number of rotatable bonds is 0. The van der Waals surface area contributed by atoms with E-state index in [9.17, 15) is 17.6 Å². The minimum absolute atomic E-state index is 0.343. The van der Waals surface area contributed by atoms with Crippen LogP contribution in [0.3, 0.4) is 0 Å². The Labute approximate surface area is 130 Å². The summed E-state index contributed by atoms with van der Waals surface area (Å²) >= 11 is 0. The van der Waals surface area contributed by atoms with Gasteiger partial charge >= 0.3 is 0 Å². The van der Waals surface area contributed by atoms with E-state index in [0.29, 0.717) is 11.1 Å². The summed E-state index contributed by atoms with van der Waals surface area (Å²) in [6.45, 7) is 11.1. The maximum absolute atomic E-state index is 12.4. The third-order valence-corrected chi connectivity index (χ3v) is 2.26. The molecule has 0 saturated heterocycles. The predicted molar refractivity (Wildman–Crippen MR) is 84.9 cm³/mol. The van der Waals surface area contributed by atoms with Crippen molar-refractivity contribution in [2.45, 2.75) is 41.5 Å². The summed E-state index contributed by atoms with van der Waals surface area (Å²) in [7, 11) is 0. The van der Waals surface area contributed by atoms with E-state index in [1.54, 1.807) is 0 Å². The smallest absolute Gasteiger partial charge is 0.161 e. The monoisotopic (exact) mass is 316 g/mol. The lowest BCUT2D eigenvalue weighted by atomic mass is 10.2. The quantitative estimate of drug-likeness (QED) is 0.480. The molecule has 2 aromatic rings. The number of hydrogen-bond donors (Lipinski definition) is 0. The molecule has 124 valence electrons. The average Bonchev–Trinajstić information content (AvgIpc) is 2.53. The number of aryl methyl sites for hydroxylation is 2. The van der Waals surface area contributed by atoms with Crippen LogP contribution in [-0.2, 0) is 0 Å². The van der Waals surface area contributed by atoms with Crippen LogP contribution in [0.25, 0.3) is 0 Å². The summed E-state index contributed by atoms with van der Waals surface area (Å²) in [5.74, 6) is -2.29. The van der Waals surface area contributed by atoms with Crippen LogP contribution >= 0.6 is 0 Å². The molecule has 4 heteroatoms. The maximum Gasteiger partial charge on any atom is 0.161 e. The van der Waals surface area contributed by atoms with Crippen molar-refractivity contribution in [3.8, 4) is 0 Å². The third-order valence-electron chi connectivity index (χ3n) is 2.26. The van der Waals surface area contributed by atoms with E-state index in [4.69, 9.17) is 0 Å².